The molecule has 3 aromatic heterocycles. The summed E-state index contributed by atoms with van der Waals surface area (Å²) in [5.74, 6) is 0.685. The first-order valence-corrected chi connectivity index (χ1v) is 10.9. The molecule has 142 valence electrons. The van der Waals surface area contributed by atoms with Crippen LogP contribution in [0, 0.1) is 0 Å². The summed E-state index contributed by atoms with van der Waals surface area (Å²) in [4.78, 5) is 17.5. The Morgan fingerprint density at radius 3 is 2.93 bits per heavy atom. The van der Waals surface area contributed by atoms with Crippen LogP contribution in [-0.4, -0.2) is 18.6 Å². The minimum Gasteiger partial charge on any atom is -0.497 e. The molecule has 0 N–H and O–H groups in total. The van der Waals surface area contributed by atoms with E-state index < -0.39 is 0 Å². The van der Waals surface area contributed by atoms with Crippen LogP contribution in [0.15, 0.2) is 62.4 Å². The molecule has 28 heavy (non-hydrogen) atoms. The molecule has 6 heteroatoms. The molecule has 0 saturated carbocycles. The summed E-state index contributed by atoms with van der Waals surface area (Å²) in [5.41, 5.74) is 2.64. The van der Waals surface area contributed by atoms with E-state index in [0.29, 0.717) is 17.9 Å². The molecule has 0 aliphatic carbocycles. The van der Waals surface area contributed by atoms with Crippen LogP contribution in [0.3, 0.4) is 0 Å². The Balaban J connectivity index is 1.58. The number of thiophene rings is 2. The molecule has 4 heterocycles. The molecule has 1 aliphatic rings. The van der Waals surface area contributed by atoms with Gasteiger partial charge < -0.3 is 9.15 Å². The minimum absolute atomic E-state index is 0.232. The molecule has 0 unspecified atom stereocenters. The summed E-state index contributed by atoms with van der Waals surface area (Å²) in [6.45, 7) is 1.67. The first-order chi connectivity index (χ1) is 13.7. The van der Waals surface area contributed by atoms with Gasteiger partial charge >= 0.3 is 5.63 Å². The second kappa shape index (κ2) is 7.20. The van der Waals surface area contributed by atoms with Gasteiger partial charge in [-0.05, 0) is 52.6 Å². The Kier molecular flexibility index (Phi) is 4.55. The number of hydrogen-bond acceptors (Lipinski definition) is 6. The predicted octanol–water partition coefficient (Wildman–Crippen LogP) is 5.07. The monoisotopic (exact) mass is 409 g/mol. The summed E-state index contributed by atoms with van der Waals surface area (Å²) in [7, 11) is 1.61. The molecule has 0 fully saturated rings. The molecule has 1 aliphatic heterocycles. The van der Waals surface area contributed by atoms with Gasteiger partial charge in [0.1, 0.15) is 11.3 Å². The van der Waals surface area contributed by atoms with Crippen molar-refractivity contribution in [1.82, 2.24) is 4.90 Å². The number of hydrogen-bond donors (Lipinski definition) is 0. The van der Waals surface area contributed by atoms with Gasteiger partial charge in [0.25, 0.3) is 0 Å². The zero-order valence-electron chi connectivity index (χ0n) is 15.4. The van der Waals surface area contributed by atoms with E-state index in [1.54, 1.807) is 30.6 Å². The third-order valence-electron chi connectivity index (χ3n) is 5.29. The Morgan fingerprint density at radius 1 is 1.18 bits per heavy atom. The van der Waals surface area contributed by atoms with E-state index in [9.17, 15) is 4.79 Å². The molecular weight excluding hydrogens is 390 g/mol. The predicted molar refractivity (Wildman–Crippen MR) is 114 cm³/mol. The highest BCUT2D eigenvalue weighted by molar-refractivity contribution is 7.10. The normalized spacial score (nSPS) is 17.0. The maximum Gasteiger partial charge on any atom is 0.336 e. The lowest BCUT2D eigenvalue weighted by atomic mass is 9.97. The van der Waals surface area contributed by atoms with Crippen LogP contribution in [0.4, 0.5) is 0 Å². The number of methoxy groups -OCH3 is 1. The van der Waals surface area contributed by atoms with Crippen LogP contribution in [0.5, 0.6) is 5.75 Å². The summed E-state index contributed by atoms with van der Waals surface area (Å²) in [6.07, 6.45) is 1.04. The van der Waals surface area contributed by atoms with Gasteiger partial charge in [-0.2, -0.15) is 0 Å². The zero-order valence-corrected chi connectivity index (χ0v) is 17.0. The van der Waals surface area contributed by atoms with Gasteiger partial charge in [-0.1, -0.05) is 6.07 Å². The van der Waals surface area contributed by atoms with Crippen molar-refractivity contribution in [3.8, 4) is 5.75 Å². The van der Waals surface area contributed by atoms with Crippen LogP contribution in [-0.2, 0) is 13.0 Å². The molecule has 5 rings (SSSR count). The maximum atomic E-state index is 12.2. The van der Waals surface area contributed by atoms with Crippen molar-refractivity contribution in [3.05, 3.63) is 84.5 Å². The Morgan fingerprint density at radius 2 is 2.11 bits per heavy atom. The van der Waals surface area contributed by atoms with E-state index in [0.717, 1.165) is 23.9 Å². The van der Waals surface area contributed by atoms with Crippen LogP contribution in [0.1, 0.15) is 26.9 Å². The van der Waals surface area contributed by atoms with E-state index in [4.69, 9.17) is 9.15 Å². The molecule has 4 aromatic rings. The van der Waals surface area contributed by atoms with E-state index in [2.05, 4.69) is 33.9 Å². The fourth-order valence-corrected chi connectivity index (χ4v) is 5.79. The largest absolute Gasteiger partial charge is 0.497 e. The van der Waals surface area contributed by atoms with Crippen molar-refractivity contribution in [3.63, 3.8) is 0 Å². The minimum atomic E-state index is -0.323. The SMILES string of the molecule is COc1ccc2c(CN3CCc4sccc4[C@@H]3c3cccs3)cc(=O)oc2c1. The second-order valence-electron chi connectivity index (χ2n) is 6.89. The van der Waals surface area contributed by atoms with Crippen LogP contribution >= 0.6 is 22.7 Å². The molecular formula is C22H19NO3S2. The third kappa shape index (κ3) is 3.07. The summed E-state index contributed by atoms with van der Waals surface area (Å²) >= 11 is 3.63. The highest BCUT2D eigenvalue weighted by Gasteiger charge is 2.30. The van der Waals surface area contributed by atoms with Gasteiger partial charge in [0.15, 0.2) is 0 Å². The highest BCUT2D eigenvalue weighted by Crippen LogP contribution is 2.40. The Bertz CT molecular complexity index is 1180. The summed E-state index contributed by atoms with van der Waals surface area (Å²) in [5, 5.41) is 5.28. The van der Waals surface area contributed by atoms with Crippen molar-refractivity contribution >= 4 is 33.6 Å². The Hall–Kier alpha value is -2.41. The smallest absolute Gasteiger partial charge is 0.336 e. The molecule has 1 aromatic carbocycles. The van der Waals surface area contributed by atoms with Crippen LogP contribution in [0.25, 0.3) is 11.0 Å². The number of ether oxygens (including phenoxy) is 1. The van der Waals surface area contributed by atoms with Gasteiger partial charge in [0.2, 0.25) is 0 Å². The molecule has 0 spiro atoms. The zero-order chi connectivity index (χ0) is 19.1. The second-order valence-corrected chi connectivity index (χ2v) is 8.87. The summed E-state index contributed by atoms with van der Waals surface area (Å²) in [6, 6.07) is 14.1. The first kappa shape index (κ1) is 17.7. The van der Waals surface area contributed by atoms with E-state index in [1.807, 2.05) is 23.5 Å². The van der Waals surface area contributed by atoms with Crippen LogP contribution in [0.2, 0.25) is 0 Å². The maximum absolute atomic E-state index is 12.2. The van der Waals surface area contributed by atoms with Gasteiger partial charge in [0, 0.05) is 40.4 Å². The average molecular weight is 410 g/mol. The van der Waals surface area contributed by atoms with Crippen molar-refractivity contribution in [2.45, 2.75) is 19.0 Å². The van der Waals surface area contributed by atoms with Crippen molar-refractivity contribution in [2.75, 3.05) is 13.7 Å². The van der Waals surface area contributed by atoms with Gasteiger partial charge in [0.05, 0.1) is 13.2 Å². The van der Waals surface area contributed by atoms with Crippen molar-refractivity contribution < 1.29 is 9.15 Å². The number of benzene rings is 1. The lowest BCUT2D eigenvalue weighted by Crippen LogP contribution is -2.34. The number of rotatable bonds is 4. The molecule has 0 bridgehead atoms. The Labute approximate surface area is 170 Å². The van der Waals surface area contributed by atoms with E-state index in [1.165, 1.54) is 15.3 Å². The van der Waals surface area contributed by atoms with Gasteiger partial charge in [-0.25, -0.2) is 4.79 Å². The quantitative estimate of drug-likeness (QED) is 0.441. The first-order valence-electron chi connectivity index (χ1n) is 9.17. The molecule has 4 nitrogen and oxygen atoms in total. The highest BCUT2D eigenvalue weighted by atomic mass is 32.1. The fraction of sp³-hybridized carbons (Fsp3) is 0.227. The van der Waals surface area contributed by atoms with Gasteiger partial charge in [-0.15, -0.1) is 22.7 Å². The van der Waals surface area contributed by atoms with Crippen LogP contribution < -0.4 is 10.4 Å². The van der Waals surface area contributed by atoms with Gasteiger partial charge in [-0.3, -0.25) is 4.90 Å². The molecule has 0 radical (unpaired) electrons. The average Bonchev–Trinajstić information content (AvgIpc) is 3.39. The van der Waals surface area contributed by atoms with Crippen molar-refractivity contribution in [1.29, 1.82) is 0 Å². The molecule has 0 saturated heterocycles. The third-order valence-corrected chi connectivity index (χ3v) is 7.21. The number of nitrogens with zero attached hydrogens (tertiary/aromatic N) is 1. The summed E-state index contributed by atoms with van der Waals surface area (Å²) < 4.78 is 10.7. The van der Waals surface area contributed by atoms with E-state index in [-0.39, 0.29) is 11.7 Å². The lowest BCUT2D eigenvalue weighted by Gasteiger charge is -2.35. The fourth-order valence-electron chi connectivity index (χ4n) is 4.01. The molecule has 0 amide bonds. The lowest BCUT2D eigenvalue weighted by molar-refractivity contribution is 0.209. The molecule has 1 atom stereocenters. The van der Waals surface area contributed by atoms with Crippen molar-refractivity contribution in [2.24, 2.45) is 0 Å². The standard InChI is InChI=1S/C22H19NO3S2/c1-25-15-4-5-16-14(11-21(24)26-18(16)12-15)13-23-8-6-19-17(7-10-28-19)22(23)20-3-2-9-27-20/h2-5,7,9-12,22H,6,8,13H2,1H3/t22-/m1/s1. The van der Waals surface area contributed by atoms with E-state index >= 15 is 0 Å². The topological polar surface area (TPSA) is 42.7 Å². The number of fused-ring (bicyclic) bond motifs is 2.